The van der Waals surface area contributed by atoms with E-state index in [0.717, 1.165) is 59.3 Å². The topological polar surface area (TPSA) is 44.8 Å². The van der Waals surface area contributed by atoms with E-state index in [4.69, 9.17) is 14.2 Å². The Morgan fingerprint density at radius 1 is 0.578 bits per heavy atom. The number of carbonyl (C=O) groups is 1. The number of carbonyl (C=O) groups excluding carboxylic acids is 1. The number of unbranched alkanes of at least 4 members (excludes halogenated alkanes) is 9. The van der Waals surface area contributed by atoms with Crippen LogP contribution in [-0.4, -0.2) is 19.2 Å². The maximum absolute atomic E-state index is 12.6. The molecule has 0 spiro atoms. The molecule has 0 aromatic heterocycles. The molecule has 0 saturated carbocycles. The first-order valence-corrected chi connectivity index (χ1v) is 17.2. The number of hydrogen-bond donors (Lipinski definition) is 0. The molecule has 0 radical (unpaired) electrons. The Bertz CT molecular complexity index is 1420. The molecule has 0 aliphatic rings. The maximum Gasteiger partial charge on any atom is 0.313 e. The monoisotopic (exact) mass is 608 g/mol. The van der Waals surface area contributed by atoms with E-state index in [1.807, 2.05) is 19.1 Å². The molecule has 4 rings (SSSR count). The second kappa shape index (κ2) is 18.9. The molecule has 240 valence electrons. The van der Waals surface area contributed by atoms with Crippen LogP contribution in [0.15, 0.2) is 84.9 Å². The highest BCUT2D eigenvalue weighted by Crippen LogP contribution is 2.27. The predicted octanol–water partition coefficient (Wildman–Crippen LogP) is 11.4. The van der Waals surface area contributed by atoms with Crippen molar-refractivity contribution in [3.05, 3.63) is 96.1 Å². The second-order valence-electron chi connectivity index (χ2n) is 12.2. The summed E-state index contributed by atoms with van der Waals surface area (Å²) in [6.07, 6.45) is 13.3. The van der Waals surface area contributed by atoms with Crippen molar-refractivity contribution in [2.45, 2.75) is 104 Å². The molecule has 0 unspecified atom stereocenters. The Balaban J connectivity index is 1.23. The SMILES string of the molecule is CCCCCCCCOc1ccc(-c2ccc(COc3ccc4cc([C@H](C)C(=O)OCCCCCCC)ccc4c3)cc2)cc1. The van der Waals surface area contributed by atoms with E-state index in [0.29, 0.717) is 13.2 Å². The minimum atomic E-state index is -0.287. The molecule has 0 amide bonds. The van der Waals surface area contributed by atoms with E-state index in [9.17, 15) is 4.79 Å². The van der Waals surface area contributed by atoms with Crippen molar-refractivity contribution in [1.29, 1.82) is 0 Å². The van der Waals surface area contributed by atoms with Gasteiger partial charge in [-0.15, -0.1) is 0 Å². The maximum atomic E-state index is 12.6. The average molecular weight is 609 g/mol. The Labute approximate surface area is 271 Å². The number of fused-ring (bicyclic) bond motifs is 1. The third kappa shape index (κ3) is 11.3. The van der Waals surface area contributed by atoms with Crippen LogP contribution in [0.4, 0.5) is 0 Å². The molecule has 4 aromatic rings. The average Bonchev–Trinajstić information content (AvgIpc) is 3.08. The molecule has 0 fully saturated rings. The summed E-state index contributed by atoms with van der Waals surface area (Å²) in [6, 6.07) is 29.2. The van der Waals surface area contributed by atoms with Crippen LogP contribution >= 0.6 is 0 Å². The second-order valence-corrected chi connectivity index (χ2v) is 12.2. The molecular formula is C41H52O4. The number of esters is 1. The highest BCUT2D eigenvalue weighted by molar-refractivity contribution is 5.86. The Hall–Kier alpha value is -3.79. The zero-order chi connectivity index (χ0) is 31.7. The Morgan fingerprint density at radius 2 is 1.13 bits per heavy atom. The number of benzene rings is 4. The van der Waals surface area contributed by atoms with Crippen molar-refractivity contribution in [2.75, 3.05) is 13.2 Å². The van der Waals surface area contributed by atoms with Crippen molar-refractivity contribution in [1.82, 2.24) is 0 Å². The number of ether oxygens (including phenoxy) is 3. The van der Waals surface area contributed by atoms with Gasteiger partial charge in [-0.1, -0.05) is 132 Å². The highest BCUT2D eigenvalue weighted by Gasteiger charge is 2.17. The zero-order valence-corrected chi connectivity index (χ0v) is 27.7. The van der Waals surface area contributed by atoms with Crippen LogP contribution < -0.4 is 9.47 Å². The third-order valence-electron chi connectivity index (χ3n) is 8.50. The molecule has 0 saturated heterocycles. The van der Waals surface area contributed by atoms with Gasteiger partial charge in [-0.2, -0.15) is 0 Å². The summed E-state index contributed by atoms with van der Waals surface area (Å²) in [5.41, 5.74) is 4.44. The fraction of sp³-hybridized carbons (Fsp3) is 0.439. The fourth-order valence-corrected chi connectivity index (χ4v) is 5.52. The van der Waals surface area contributed by atoms with Gasteiger partial charge in [-0.3, -0.25) is 4.79 Å². The largest absolute Gasteiger partial charge is 0.494 e. The van der Waals surface area contributed by atoms with Gasteiger partial charge >= 0.3 is 5.97 Å². The van der Waals surface area contributed by atoms with Crippen LogP contribution in [0.1, 0.15) is 108 Å². The van der Waals surface area contributed by atoms with Crippen molar-refractivity contribution >= 4 is 16.7 Å². The van der Waals surface area contributed by atoms with E-state index in [1.165, 1.54) is 62.5 Å². The van der Waals surface area contributed by atoms with Crippen molar-refractivity contribution in [3.63, 3.8) is 0 Å². The summed E-state index contributed by atoms with van der Waals surface area (Å²) in [5.74, 6) is 1.32. The van der Waals surface area contributed by atoms with Gasteiger partial charge in [-0.05, 0) is 77.1 Å². The molecule has 0 aliphatic carbocycles. The van der Waals surface area contributed by atoms with Crippen LogP contribution in [0.5, 0.6) is 11.5 Å². The lowest BCUT2D eigenvalue weighted by Gasteiger charge is -2.13. The molecule has 4 heteroatoms. The third-order valence-corrected chi connectivity index (χ3v) is 8.50. The van der Waals surface area contributed by atoms with Crippen molar-refractivity contribution < 1.29 is 19.0 Å². The number of hydrogen-bond acceptors (Lipinski definition) is 4. The first kappa shape index (κ1) is 34.1. The van der Waals surface area contributed by atoms with Gasteiger partial charge in [0.1, 0.15) is 18.1 Å². The molecule has 4 aromatic carbocycles. The van der Waals surface area contributed by atoms with Gasteiger partial charge in [-0.25, -0.2) is 0 Å². The van der Waals surface area contributed by atoms with Crippen LogP contribution in [0.25, 0.3) is 21.9 Å². The van der Waals surface area contributed by atoms with Crippen LogP contribution in [0.2, 0.25) is 0 Å². The molecular weight excluding hydrogens is 556 g/mol. The summed E-state index contributed by atoms with van der Waals surface area (Å²) in [5, 5.41) is 2.17. The quantitative estimate of drug-likeness (QED) is 0.0739. The molecule has 0 aliphatic heterocycles. The van der Waals surface area contributed by atoms with Crippen LogP contribution in [0, 0.1) is 0 Å². The molecule has 4 nitrogen and oxygen atoms in total. The zero-order valence-electron chi connectivity index (χ0n) is 27.7. The minimum Gasteiger partial charge on any atom is -0.494 e. The first-order chi connectivity index (χ1) is 22.1. The summed E-state index contributed by atoms with van der Waals surface area (Å²) in [6.45, 7) is 8.16. The summed E-state index contributed by atoms with van der Waals surface area (Å²) < 4.78 is 17.6. The van der Waals surface area contributed by atoms with Crippen molar-refractivity contribution in [3.8, 4) is 22.6 Å². The summed E-state index contributed by atoms with van der Waals surface area (Å²) >= 11 is 0. The molecule has 0 bridgehead atoms. The lowest BCUT2D eigenvalue weighted by atomic mass is 9.98. The molecule has 1 atom stereocenters. The molecule has 45 heavy (non-hydrogen) atoms. The van der Waals surface area contributed by atoms with Gasteiger partial charge < -0.3 is 14.2 Å². The summed E-state index contributed by atoms with van der Waals surface area (Å²) in [4.78, 5) is 12.6. The molecule has 0 N–H and O–H groups in total. The summed E-state index contributed by atoms with van der Waals surface area (Å²) in [7, 11) is 0. The van der Waals surface area contributed by atoms with Gasteiger partial charge in [0.2, 0.25) is 0 Å². The highest BCUT2D eigenvalue weighted by atomic mass is 16.5. The molecule has 0 heterocycles. The predicted molar refractivity (Wildman–Crippen MR) is 187 cm³/mol. The van der Waals surface area contributed by atoms with Crippen LogP contribution in [-0.2, 0) is 16.1 Å². The van der Waals surface area contributed by atoms with E-state index in [-0.39, 0.29) is 11.9 Å². The van der Waals surface area contributed by atoms with Gasteiger partial charge in [0.25, 0.3) is 0 Å². The van der Waals surface area contributed by atoms with Gasteiger partial charge in [0.15, 0.2) is 0 Å². The smallest absolute Gasteiger partial charge is 0.313 e. The van der Waals surface area contributed by atoms with Gasteiger partial charge in [0.05, 0.1) is 19.1 Å². The fourth-order valence-electron chi connectivity index (χ4n) is 5.52. The minimum absolute atomic E-state index is 0.152. The van der Waals surface area contributed by atoms with E-state index >= 15 is 0 Å². The first-order valence-electron chi connectivity index (χ1n) is 17.2. The van der Waals surface area contributed by atoms with E-state index < -0.39 is 0 Å². The Kier molecular flexibility index (Phi) is 14.3. The number of rotatable bonds is 20. The Morgan fingerprint density at radius 3 is 1.82 bits per heavy atom. The van der Waals surface area contributed by atoms with E-state index in [2.05, 4.69) is 86.6 Å². The van der Waals surface area contributed by atoms with Crippen LogP contribution in [0.3, 0.4) is 0 Å². The normalized spacial score (nSPS) is 11.8. The lowest BCUT2D eigenvalue weighted by Crippen LogP contribution is -2.14. The van der Waals surface area contributed by atoms with Gasteiger partial charge in [0, 0.05) is 0 Å². The van der Waals surface area contributed by atoms with E-state index in [1.54, 1.807) is 0 Å². The lowest BCUT2D eigenvalue weighted by molar-refractivity contribution is -0.145. The standard InChI is InChI=1S/C41H52O4/c1-4-6-8-10-12-13-27-43-39-24-21-35(22-25-39)34-17-15-33(16-18-34)31-45-40-26-23-37-29-36(19-20-38(37)30-40)32(3)41(42)44-28-14-11-9-7-5-2/h15-26,29-30,32H,4-14,27-28,31H2,1-3H3/t32-/m0/s1. The van der Waals surface area contributed by atoms with Crippen molar-refractivity contribution in [2.24, 2.45) is 0 Å².